The minimum Gasteiger partial charge on any atom is -0.324 e. The molecule has 7 nitrogen and oxygen atoms in total. The van der Waals surface area contributed by atoms with E-state index in [2.05, 4.69) is 44.7 Å². The van der Waals surface area contributed by atoms with Crippen LogP contribution in [0, 0.1) is 11.7 Å². The zero-order chi connectivity index (χ0) is 20.9. The van der Waals surface area contributed by atoms with Crippen molar-refractivity contribution in [1.29, 1.82) is 0 Å². The molecule has 0 saturated carbocycles. The van der Waals surface area contributed by atoms with Gasteiger partial charge in [-0.1, -0.05) is 31.2 Å². The third-order valence-corrected chi connectivity index (χ3v) is 5.36. The number of anilines is 1. The predicted molar refractivity (Wildman–Crippen MR) is 112 cm³/mol. The van der Waals surface area contributed by atoms with Gasteiger partial charge in [0.05, 0.1) is 0 Å². The fraction of sp³-hybridized carbons (Fsp3) is 0.364. The number of rotatable bonds is 6. The number of hydrogen-bond donors (Lipinski definition) is 1. The first-order chi connectivity index (χ1) is 14.5. The summed E-state index contributed by atoms with van der Waals surface area (Å²) in [5.41, 5.74) is 2.64. The number of tetrazole rings is 1. The lowest BCUT2D eigenvalue weighted by molar-refractivity contribution is -0.117. The average Bonchev–Trinajstić information content (AvgIpc) is 3.20. The lowest BCUT2D eigenvalue weighted by Gasteiger charge is -2.30. The van der Waals surface area contributed by atoms with Crippen molar-refractivity contribution < 1.29 is 9.18 Å². The molecule has 0 radical (unpaired) electrons. The Hall–Kier alpha value is -3.13. The average molecular weight is 408 g/mol. The van der Waals surface area contributed by atoms with Crippen LogP contribution >= 0.6 is 0 Å². The molecular formula is C22H25FN6O. The second-order valence-corrected chi connectivity index (χ2v) is 7.85. The van der Waals surface area contributed by atoms with E-state index < -0.39 is 0 Å². The van der Waals surface area contributed by atoms with Crippen molar-refractivity contribution in [3.05, 3.63) is 59.9 Å². The highest BCUT2D eigenvalue weighted by molar-refractivity contribution is 5.90. The summed E-state index contributed by atoms with van der Waals surface area (Å²) in [6.07, 6.45) is 2.53. The van der Waals surface area contributed by atoms with E-state index in [1.165, 1.54) is 47.5 Å². The topological polar surface area (TPSA) is 75.9 Å². The zero-order valence-corrected chi connectivity index (χ0v) is 17.0. The monoisotopic (exact) mass is 408 g/mol. The number of carbonyl (C=O) groups is 1. The highest BCUT2D eigenvalue weighted by Gasteiger charge is 2.16. The molecule has 0 bridgehead atoms. The molecule has 1 N–H and O–H groups in total. The molecule has 1 aliphatic rings. The molecule has 156 valence electrons. The number of likely N-dealkylation sites (tertiary alicyclic amines) is 1. The van der Waals surface area contributed by atoms with Gasteiger partial charge in [0, 0.05) is 17.8 Å². The van der Waals surface area contributed by atoms with Gasteiger partial charge in [-0.3, -0.25) is 9.69 Å². The number of hydrogen-bond acceptors (Lipinski definition) is 5. The van der Waals surface area contributed by atoms with Crippen LogP contribution in [-0.4, -0.2) is 44.1 Å². The lowest BCUT2D eigenvalue weighted by atomic mass is 9.99. The van der Waals surface area contributed by atoms with Gasteiger partial charge in [-0.15, -0.1) is 10.2 Å². The number of carbonyl (C=O) groups excluding carboxylic acids is 1. The lowest BCUT2D eigenvalue weighted by Crippen LogP contribution is -2.32. The molecule has 4 rings (SSSR count). The third-order valence-electron chi connectivity index (χ3n) is 5.36. The van der Waals surface area contributed by atoms with Crippen molar-refractivity contribution in [1.82, 2.24) is 25.1 Å². The second kappa shape index (κ2) is 9.13. The van der Waals surface area contributed by atoms with E-state index in [4.69, 9.17) is 0 Å². The first-order valence-electron chi connectivity index (χ1n) is 10.2. The quantitative estimate of drug-likeness (QED) is 0.677. The minimum atomic E-state index is -0.355. The Morgan fingerprint density at radius 2 is 1.80 bits per heavy atom. The molecule has 1 amide bonds. The molecule has 0 aliphatic carbocycles. The van der Waals surface area contributed by atoms with Gasteiger partial charge in [0.1, 0.15) is 12.4 Å². The van der Waals surface area contributed by atoms with Crippen LogP contribution in [0.25, 0.3) is 11.4 Å². The van der Waals surface area contributed by atoms with Crippen molar-refractivity contribution >= 4 is 11.6 Å². The summed E-state index contributed by atoms with van der Waals surface area (Å²) in [7, 11) is 0. The van der Waals surface area contributed by atoms with E-state index in [0.717, 1.165) is 31.1 Å². The number of aromatic nitrogens is 4. The maximum Gasteiger partial charge on any atom is 0.248 e. The summed E-state index contributed by atoms with van der Waals surface area (Å²) in [6, 6.07) is 13.7. The van der Waals surface area contributed by atoms with Gasteiger partial charge < -0.3 is 5.32 Å². The van der Waals surface area contributed by atoms with E-state index in [1.54, 1.807) is 0 Å². The molecule has 30 heavy (non-hydrogen) atoms. The predicted octanol–water partition coefficient (Wildman–Crippen LogP) is 3.35. The zero-order valence-electron chi connectivity index (χ0n) is 17.0. The maximum absolute atomic E-state index is 12.9. The van der Waals surface area contributed by atoms with E-state index >= 15 is 0 Å². The molecular weight excluding hydrogens is 383 g/mol. The van der Waals surface area contributed by atoms with Crippen LogP contribution in [0.5, 0.6) is 0 Å². The van der Waals surface area contributed by atoms with Gasteiger partial charge in [-0.05, 0) is 66.9 Å². The SMILES string of the molecule is CC1CCN(Cc2ccc(-c3nnn(CC(=O)Nc4ccc(F)cc4)n3)cc2)CC1. The summed E-state index contributed by atoms with van der Waals surface area (Å²) < 4.78 is 12.9. The Labute approximate surface area is 174 Å². The molecule has 2 heterocycles. The largest absolute Gasteiger partial charge is 0.324 e. The number of piperidine rings is 1. The van der Waals surface area contributed by atoms with E-state index in [9.17, 15) is 9.18 Å². The fourth-order valence-corrected chi connectivity index (χ4v) is 3.53. The molecule has 1 saturated heterocycles. The molecule has 1 fully saturated rings. The van der Waals surface area contributed by atoms with Crippen molar-refractivity contribution in [3.63, 3.8) is 0 Å². The number of nitrogens with one attached hydrogen (secondary N) is 1. The first kappa shape index (κ1) is 20.2. The van der Waals surface area contributed by atoms with Gasteiger partial charge in [0.2, 0.25) is 11.7 Å². The Bertz CT molecular complexity index is 978. The molecule has 1 aromatic heterocycles. The van der Waals surface area contributed by atoms with Gasteiger partial charge in [-0.25, -0.2) is 4.39 Å². The molecule has 0 unspecified atom stereocenters. The van der Waals surface area contributed by atoms with Crippen LogP contribution in [0.1, 0.15) is 25.3 Å². The van der Waals surface area contributed by atoms with Crippen LogP contribution in [0.2, 0.25) is 0 Å². The molecule has 8 heteroatoms. The molecule has 1 aliphatic heterocycles. The smallest absolute Gasteiger partial charge is 0.248 e. The minimum absolute atomic E-state index is 0.0736. The van der Waals surface area contributed by atoms with Crippen molar-refractivity contribution in [2.75, 3.05) is 18.4 Å². The summed E-state index contributed by atoms with van der Waals surface area (Å²) in [5, 5.41) is 15.0. The summed E-state index contributed by atoms with van der Waals surface area (Å²) in [6.45, 7) is 5.50. The first-order valence-corrected chi connectivity index (χ1v) is 10.2. The van der Waals surface area contributed by atoms with Crippen LogP contribution in [0.15, 0.2) is 48.5 Å². The number of nitrogens with zero attached hydrogens (tertiary/aromatic N) is 5. The van der Waals surface area contributed by atoms with E-state index in [1.807, 2.05) is 12.1 Å². The fourth-order valence-electron chi connectivity index (χ4n) is 3.53. The van der Waals surface area contributed by atoms with Crippen molar-refractivity contribution in [2.24, 2.45) is 5.92 Å². The highest BCUT2D eigenvalue weighted by atomic mass is 19.1. The maximum atomic E-state index is 12.9. The normalized spacial score (nSPS) is 15.3. The molecule has 3 aromatic rings. The Kier molecular flexibility index (Phi) is 6.13. The van der Waals surface area contributed by atoms with E-state index in [0.29, 0.717) is 11.5 Å². The molecule has 0 spiro atoms. The van der Waals surface area contributed by atoms with Crippen LogP contribution < -0.4 is 5.32 Å². The van der Waals surface area contributed by atoms with Crippen molar-refractivity contribution in [2.45, 2.75) is 32.9 Å². The molecule has 0 atom stereocenters. The van der Waals surface area contributed by atoms with Gasteiger partial charge in [0.15, 0.2) is 0 Å². The van der Waals surface area contributed by atoms with Gasteiger partial charge in [0.25, 0.3) is 0 Å². The van der Waals surface area contributed by atoms with Crippen LogP contribution in [0.3, 0.4) is 0 Å². The van der Waals surface area contributed by atoms with Gasteiger partial charge >= 0.3 is 0 Å². The standard InChI is InChI=1S/C22H25FN6O/c1-16-10-12-28(13-11-16)14-17-2-4-18(5-3-17)22-25-27-29(26-22)15-21(30)24-20-8-6-19(23)7-9-20/h2-9,16H,10-15H2,1H3,(H,24,30). The summed E-state index contributed by atoms with van der Waals surface area (Å²) >= 11 is 0. The van der Waals surface area contributed by atoms with Crippen LogP contribution in [0.4, 0.5) is 10.1 Å². The second-order valence-electron chi connectivity index (χ2n) is 7.85. The number of benzene rings is 2. The summed E-state index contributed by atoms with van der Waals surface area (Å²) in [4.78, 5) is 15.9. The highest BCUT2D eigenvalue weighted by Crippen LogP contribution is 2.20. The third kappa shape index (κ3) is 5.27. The molecule has 2 aromatic carbocycles. The van der Waals surface area contributed by atoms with E-state index in [-0.39, 0.29) is 18.3 Å². The summed E-state index contributed by atoms with van der Waals surface area (Å²) in [5.74, 6) is 0.641. The Morgan fingerprint density at radius 3 is 2.50 bits per heavy atom. The number of halogens is 1. The van der Waals surface area contributed by atoms with Crippen molar-refractivity contribution in [3.8, 4) is 11.4 Å². The number of amides is 1. The van der Waals surface area contributed by atoms with Gasteiger partial charge in [-0.2, -0.15) is 4.80 Å². The van der Waals surface area contributed by atoms with Crippen LogP contribution in [-0.2, 0) is 17.9 Å². The Morgan fingerprint density at radius 1 is 1.10 bits per heavy atom. The Balaban J connectivity index is 1.33.